The minimum absolute atomic E-state index is 0.0591. The van der Waals surface area contributed by atoms with Gasteiger partial charge in [-0.15, -0.1) is 0 Å². The summed E-state index contributed by atoms with van der Waals surface area (Å²) >= 11 is 0. The molecule has 166 valence electrons. The molecule has 3 rings (SSSR count). The van der Waals surface area contributed by atoms with Gasteiger partial charge in [-0.2, -0.15) is 4.31 Å². The Balaban J connectivity index is 2.00. The van der Waals surface area contributed by atoms with Crippen LogP contribution in [0.4, 0.5) is 5.69 Å². The minimum Gasteiger partial charge on any atom is -0.351 e. The molecule has 0 radical (unpaired) electrons. The van der Waals surface area contributed by atoms with Gasteiger partial charge in [0.2, 0.25) is 21.8 Å². The molecule has 2 aliphatic rings. The predicted octanol–water partition coefficient (Wildman–Crippen LogP) is 2.45. The molecule has 1 aromatic carbocycles. The van der Waals surface area contributed by atoms with E-state index in [1.54, 1.807) is 6.92 Å². The Morgan fingerprint density at radius 2 is 1.80 bits per heavy atom. The van der Waals surface area contributed by atoms with Crippen molar-refractivity contribution in [3.8, 4) is 0 Å². The summed E-state index contributed by atoms with van der Waals surface area (Å²) in [4.78, 5) is 28.3. The number of hydrogen-bond acceptors (Lipinski definition) is 4. The summed E-state index contributed by atoms with van der Waals surface area (Å²) in [5, 5.41) is 3.14. The molecule has 1 aliphatic heterocycles. The topological polar surface area (TPSA) is 86.8 Å². The van der Waals surface area contributed by atoms with Crippen molar-refractivity contribution in [2.24, 2.45) is 0 Å². The number of para-hydroxylation sites is 1. The first-order valence-electron chi connectivity index (χ1n) is 10.8. The summed E-state index contributed by atoms with van der Waals surface area (Å²) in [6.45, 7) is 3.36. The number of carbonyl (C=O) groups is 2. The molecule has 1 atom stereocenters. The molecule has 1 heterocycles. The largest absolute Gasteiger partial charge is 0.351 e. The summed E-state index contributed by atoms with van der Waals surface area (Å²) in [5.41, 5.74) is 0.305. The maximum absolute atomic E-state index is 13.6. The van der Waals surface area contributed by atoms with Gasteiger partial charge < -0.3 is 5.32 Å². The standard InChI is InChI=1S/C22H33N3O4S/c1-4-17-11-9-10-14-19(17)25-20(26)15-24(30(3,28)29)16-22(25,2)21(27)23-18-12-7-5-6-8-13-18/h9-11,14,18H,4-8,12-13,15-16H2,1-3H3,(H,23,27). The van der Waals surface area contributed by atoms with Crippen molar-refractivity contribution in [3.63, 3.8) is 0 Å². The molecule has 30 heavy (non-hydrogen) atoms. The van der Waals surface area contributed by atoms with Gasteiger partial charge >= 0.3 is 0 Å². The highest BCUT2D eigenvalue weighted by molar-refractivity contribution is 7.88. The molecule has 8 heteroatoms. The fraction of sp³-hybridized carbons (Fsp3) is 0.636. The smallest absolute Gasteiger partial charge is 0.247 e. The lowest BCUT2D eigenvalue weighted by Gasteiger charge is -2.47. The van der Waals surface area contributed by atoms with Crippen LogP contribution in [0.15, 0.2) is 24.3 Å². The fourth-order valence-electron chi connectivity index (χ4n) is 4.57. The summed E-state index contributed by atoms with van der Waals surface area (Å²) in [7, 11) is -3.62. The zero-order valence-corrected chi connectivity index (χ0v) is 19.0. The van der Waals surface area contributed by atoms with Crippen LogP contribution in [0.1, 0.15) is 57.9 Å². The second-order valence-electron chi connectivity index (χ2n) is 8.68. The van der Waals surface area contributed by atoms with Gasteiger partial charge in [0.15, 0.2) is 0 Å². The Morgan fingerprint density at radius 1 is 1.17 bits per heavy atom. The molecule has 1 unspecified atom stereocenters. The van der Waals surface area contributed by atoms with Crippen LogP contribution in [0.5, 0.6) is 0 Å². The number of rotatable bonds is 5. The van der Waals surface area contributed by atoms with Gasteiger partial charge in [0.05, 0.1) is 12.8 Å². The quantitative estimate of drug-likeness (QED) is 0.720. The van der Waals surface area contributed by atoms with E-state index in [4.69, 9.17) is 0 Å². The molecule has 7 nitrogen and oxygen atoms in total. The Morgan fingerprint density at radius 3 is 2.40 bits per heavy atom. The van der Waals surface area contributed by atoms with E-state index in [0.717, 1.165) is 41.8 Å². The third kappa shape index (κ3) is 4.70. The number of carbonyl (C=O) groups excluding carboxylic acids is 2. The van der Waals surface area contributed by atoms with Gasteiger partial charge in [-0.05, 0) is 37.8 Å². The summed E-state index contributed by atoms with van der Waals surface area (Å²) in [6, 6.07) is 7.58. The normalized spacial score (nSPS) is 24.5. The van der Waals surface area contributed by atoms with Crippen molar-refractivity contribution >= 4 is 27.5 Å². The third-order valence-corrected chi connectivity index (χ3v) is 7.50. The zero-order valence-electron chi connectivity index (χ0n) is 18.2. The van der Waals surface area contributed by atoms with Crippen LogP contribution in [0.2, 0.25) is 0 Å². The monoisotopic (exact) mass is 435 g/mol. The number of hydrogen-bond donors (Lipinski definition) is 1. The lowest BCUT2D eigenvalue weighted by molar-refractivity contribution is -0.133. The maximum Gasteiger partial charge on any atom is 0.247 e. The molecule has 2 fully saturated rings. The Kier molecular flexibility index (Phi) is 6.87. The SMILES string of the molecule is CCc1ccccc1N1C(=O)CN(S(C)(=O)=O)CC1(C)C(=O)NC1CCCCCC1. The highest BCUT2D eigenvalue weighted by Crippen LogP contribution is 2.33. The van der Waals surface area contributed by atoms with E-state index in [2.05, 4.69) is 5.32 Å². The number of benzene rings is 1. The number of piperazine rings is 1. The van der Waals surface area contributed by atoms with Crippen LogP contribution < -0.4 is 10.2 Å². The van der Waals surface area contributed by atoms with Crippen molar-refractivity contribution in [1.29, 1.82) is 0 Å². The van der Waals surface area contributed by atoms with Crippen LogP contribution in [0.3, 0.4) is 0 Å². The number of anilines is 1. The third-order valence-electron chi connectivity index (χ3n) is 6.30. The number of nitrogens with one attached hydrogen (secondary N) is 1. The van der Waals surface area contributed by atoms with Gasteiger partial charge in [0.1, 0.15) is 5.54 Å². The number of aryl methyl sites for hydroxylation is 1. The van der Waals surface area contributed by atoms with E-state index in [9.17, 15) is 18.0 Å². The van der Waals surface area contributed by atoms with Gasteiger partial charge in [-0.25, -0.2) is 8.42 Å². The summed E-state index contributed by atoms with van der Waals surface area (Å²) in [6.07, 6.45) is 8.08. The van der Waals surface area contributed by atoms with Crippen molar-refractivity contribution in [2.75, 3.05) is 24.2 Å². The second kappa shape index (κ2) is 9.06. The highest BCUT2D eigenvalue weighted by atomic mass is 32.2. The summed E-state index contributed by atoms with van der Waals surface area (Å²) < 4.78 is 25.7. The Labute approximate surface area is 179 Å². The first-order valence-corrected chi connectivity index (χ1v) is 12.7. The maximum atomic E-state index is 13.6. The molecule has 1 saturated carbocycles. The zero-order chi connectivity index (χ0) is 21.9. The van der Waals surface area contributed by atoms with Crippen molar-refractivity contribution < 1.29 is 18.0 Å². The van der Waals surface area contributed by atoms with Crippen LogP contribution in [-0.2, 0) is 26.0 Å². The number of sulfonamides is 1. The average molecular weight is 436 g/mol. The van der Waals surface area contributed by atoms with Gasteiger partial charge in [-0.3, -0.25) is 14.5 Å². The number of amides is 2. The van der Waals surface area contributed by atoms with E-state index in [1.165, 1.54) is 17.7 Å². The molecular formula is C22H33N3O4S. The fourth-order valence-corrected chi connectivity index (χ4v) is 5.40. The van der Waals surface area contributed by atoms with Crippen LogP contribution in [-0.4, -0.2) is 55.5 Å². The molecule has 2 amide bonds. The average Bonchev–Trinajstić information content (AvgIpc) is 2.95. The van der Waals surface area contributed by atoms with Gasteiger partial charge in [-0.1, -0.05) is 50.8 Å². The lowest BCUT2D eigenvalue weighted by atomic mass is 9.92. The van der Waals surface area contributed by atoms with Crippen molar-refractivity contribution in [1.82, 2.24) is 9.62 Å². The van der Waals surface area contributed by atoms with Crippen LogP contribution >= 0.6 is 0 Å². The van der Waals surface area contributed by atoms with E-state index in [-0.39, 0.29) is 30.9 Å². The van der Waals surface area contributed by atoms with Gasteiger partial charge in [0.25, 0.3) is 0 Å². The van der Waals surface area contributed by atoms with E-state index >= 15 is 0 Å². The van der Waals surface area contributed by atoms with E-state index in [0.29, 0.717) is 12.1 Å². The summed E-state index contributed by atoms with van der Waals surface area (Å²) in [5.74, 6) is -0.673. The predicted molar refractivity (Wildman–Crippen MR) is 118 cm³/mol. The van der Waals surface area contributed by atoms with Crippen molar-refractivity contribution in [3.05, 3.63) is 29.8 Å². The molecular weight excluding hydrogens is 402 g/mol. The molecule has 1 N–H and O–H groups in total. The van der Waals surface area contributed by atoms with E-state index in [1.807, 2.05) is 31.2 Å². The van der Waals surface area contributed by atoms with E-state index < -0.39 is 15.6 Å². The Hall–Kier alpha value is -1.93. The first-order chi connectivity index (χ1) is 14.2. The second-order valence-corrected chi connectivity index (χ2v) is 10.7. The molecule has 1 aromatic rings. The van der Waals surface area contributed by atoms with Crippen LogP contribution in [0, 0.1) is 0 Å². The first kappa shape index (κ1) is 22.7. The molecule has 1 saturated heterocycles. The molecule has 1 aliphatic carbocycles. The molecule has 0 aromatic heterocycles. The van der Waals surface area contributed by atoms with Gasteiger partial charge in [0, 0.05) is 18.3 Å². The van der Waals surface area contributed by atoms with Crippen molar-refractivity contribution in [2.45, 2.75) is 70.4 Å². The highest BCUT2D eigenvalue weighted by Gasteiger charge is 2.51. The molecule has 0 spiro atoms. The molecule has 0 bridgehead atoms. The number of nitrogens with zero attached hydrogens (tertiary/aromatic N) is 2. The van der Waals surface area contributed by atoms with Crippen LogP contribution in [0.25, 0.3) is 0 Å². The minimum atomic E-state index is -3.62. The Bertz CT molecular complexity index is 893. The lowest BCUT2D eigenvalue weighted by Crippen LogP contribution is -2.70.